The molecule has 1 N–H and O–H groups in total. The van der Waals surface area contributed by atoms with E-state index in [1.807, 2.05) is 48.5 Å². The third-order valence-corrected chi connectivity index (χ3v) is 5.99. The Bertz CT molecular complexity index is 1130. The van der Waals surface area contributed by atoms with Crippen LogP contribution in [0.2, 0.25) is 0 Å². The van der Waals surface area contributed by atoms with E-state index in [1.165, 1.54) is 0 Å². The first-order valence-corrected chi connectivity index (χ1v) is 11.3. The fourth-order valence-corrected chi connectivity index (χ4v) is 4.61. The Balaban J connectivity index is 1.85. The summed E-state index contributed by atoms with van der Waals surface area (Å²) < 4.78 is 0. The van der Waals surface area contributed by atoms with Crippen LogP contribution in [-0.4, -0.2) is 23.3 Å². The van der Waals surface area contributed by atoms with E-state index in [9.17, 15) is 9.59 Å². The average Bonchev–Trinajstić information content (AvgIpc) is 2.87. The lowest BCUT2D eigenvalue weighted by atomic mass is 9.93. The topological polar surface area (TPSA) is 49.4 Å². The summed E-state index contributed by atoms with van der Waals surface area (Å²) in [5.74, 6) is -0.247. The second-order valence-electron chi connectivity index (χ2n) is 8.61. The zero-order valence-electron chi connectivity index (χ0n) is 19.0. The van der Waals surface area contributed by atoms with Crippen molar-refractivity contribution in [3.8, 4) is 11.1 Å². The summed E-state index contributed by atoms with van der Waals surface area (Å²) in [5.41, 5.74) is 6.63. The van der Waals surface area contributed by atoms with Gasteiger partial charge in [-0.15, -0.1) is 0 Å². The SMILES string of the molecule is CCCCNC(=O)C1c2ccccc2-c2ccccc2C(=O)N1Cc1cc(C)cc(C)c1. The number of amides is 2. The molecule has 0 saturated carbocycles. The Kier molecular flexibility index (Phi) is 6.40. The number of rotatable bonds is 6. The molecule has 0 aliphatic carbocycles. The van der Waals surface area contributed by atoms with Crippen LogP contribution in [0.25, 0.3) is 11.1 Å². The van der Waals surface area contributed by atoms with Gasteiger partial charge in [-0.2, -0.15) is 0 Å². The summed E-state index contributed by atoms with van der Waals surface area (Å²) in [6.45, 7) is 7.18. The molecular formula is C28H30N2O2. The second-order valence-corrected chi connectivity index (χ2v) is 8.61. The number of hydrogen-bond acceptors (Lipinski definition) is 2. The van der Waals surface area contributed by atoms with Crippen LogP contribution >= 0.6 is 0 Å². The maximum Gasteiger partial charge on any atom is 0.255 e. The van der Waals surface area contributed by atoms with Gasteiger partial charge in [0.05, 0.1) is 0 Å². The molecule has 1 aliphatic heterocycles. The van der Waals surface area contributed by atoms with Gasteiger partial charge >= 0.3 is 0 Å². The molecule has 0 fully saturated rings. The molecule has 2 amide bonds. The molecule has 4 nitrogen and oxygen atoms in total. The molecule has 0 aromatic heterocycles. The van der Waals surface area contributed by atoms with Gasteiger partial charge in [-0.25, -0.2) is 0 Å². The number of carbonyl (C=O) groups excluding carboxylic acids is 2. The van der Waals surface area contributed by atoms with Crippen LogP contribution in [0.1, 0.15) is 58.4 Å². The van der Waals surface area contributed by atoms with Crippen molar-refractivity contribution < 1.29 is 9.59 Å². The normalized spacial score (nSPS) is 15.0. The van der Waals surface area contributed by atoms with Crippen molar-refractivity contribution in [3.05, 3.63) is 94.5 Å². The lowest BCUT2D eigenvalue weighted by Gasteiger charge is -2.31. The zero-order valence-corrected chi connectivity index (χ0v) is 19.0. The Morgan fingerprint density at radius 1 is 0.906 bits per heavy atom. The number of unbranched alkanes of at least 4 members (excludes halogenated alkanes) is 1. The first kappa shape index (κ1) is 21.8. The van der Waals surface area contributed by atoms with Gasteiger partial charge in [-0.1, -0.05) is 85.1 Å². The first-order valence-electron chi connectivity index (χ1n) is 11.3. The Labute approximate surface area is 190 Å². The molecule has 4 rings (SSSR count). The fraction of sp³-hybridized carbons (Fsp3) is 0.286. The molecule has 32 heavy (non-hydrogen) atoms. The Morgan fingerprint density at radius 2 is 1.53 bits per heavy atom. The van der Waals surface area contributed by atoms with Crippen molar-refractivity contribution in [1.82, 2.24) is 10.2 Å². The zero-order chi connectivity index (χ0) is 22.7. The summed E-state index contributed by atoms with van der Waals surface area (Å²) in [7, 11) is 0. The highest BCUT2D eigenvalue weighted by atomic mass is 16.2. The Hall–Kier alpha value is -3.40. The van der Waals surface area contributed by atoms with Crippen LogP contribution in [0.5, 0.6) is 0 Å². The number of hydrogen-bond donors (Lipinski definition) is 1. The molecule has 1 unspecified atom stereocenters. The largest absolute Gasteiger partial charge is 0.354 e. The molecule has 164 valence electrons. The third-order valence-electron chi connectivity index (χ3n) is 5.99. The van der Waals surface area contributed by atoms with Crippen molar-refractivity contribution >= 4 is 11.8 Å². The van der Waals surface area contributed by atoms with Crippen LogP contribution in [0.4, 0.5) is 0 Å². The van der Waals surface area contributed by atoms with Crippen LogP contribution in [-0.2, 0) is 11.3 Å². The van der Waals surface area contributed by atoms with Crippen molar-refractivity contribution in [2.24, 2.45) is 0 Å². The molecule has 0 bridgehead atoms. The van der Waals surface area contributed by atoms with E-state index in [0.717, 1.165) is 46.2 Å². The maximum atomic E-state index is 13.9. The molecule has 0 radical (unpaired) electrons. The third kappa shape index (κ3) is 4.31. The van der Waals surface area contributed by atoms with E-state index in [0.29, 0.717) is 18.7 Å². The van der Waals surface area contributed by atoms with Crippen LogP contribution in [0.15, 0.2) is 66.7 Å². The summed E-state index contributed by atoms with van der Waals surface area (Å²) in [6.07, 6.45) is 1.91. The van der Waals surface area contributed by atoms with E-state index in [1.54, 1.807) is 4.90 Å². The van der Waals surface area contributed by atoms with Crippen molar-refractivity contribution in [3.63, 3.8) is 0 Å². The number of aryl methyl sites for hydroxylation is 2. The van der Waals surface area contributed by atoms with Crippen LogP contribution < -0.4 is 5.32 Å². The highest BCUT2D eigenvalue weighted by Crippen LogP contribution is 2.39. The van der Waals surface area contributed by atoms with Gasteiger partial charge < -0.3 is 10.2 Å². The molecule has 1 atom stereocenters. The lowest BCUT2D eigenvalue weighted by molar-refractivity contribution is -0.126. The van der Waals surface area contributed by atoms with Gasteiger partial charge in [0.25, 0.3) is 5.91 Å². The van der Waals surface area contributed by atoms with E-state index in [-0.39, 0.29) is 11.8 Å². The fourth-order valence-electron chi connectivity index (χ4n) is 4.61. The number of nitrogens with one attached hydrogen (secondary N) is 1. The number of fused-ring (bicyclic) bond motifs is 3. The predicted octanol–water partition coefficient (Wildman–Crippen LogP) is 5.58. The van der Waals surface area contributed by atoms with E-state index >= 15 is 0 Å². The van der Waals surface area contributed by atoms with E-state index in [4.69, 9.17) is 0 Å². The van der Waals surface area contributed by atoms with E-state index < -0.39 is 6.04 Å². The smallest absolute Gasteiger partial charge is 0.255 e. The van der Waals surface area contributed by atoms with Gasteiger partial charge in [0.15, 0.2) is 0 Å². The minimum absolute atomic E-state index is 0.119. The van der Waals surface area contributed by atoms with Gasteiger partial charge in [0, 0.05) is 18.7 Å². The Morgan fingerprint density at radius 3 is 2.22 bits per heavy atom. The van der Waals surface area contributed by atoms with Crippen LogP contribution in [0, 0.1) is 13.8 Å². The van der Waals surface area contributed by atoms with Gasteiger partial charge in [-0.05, 0) is 48.6 Å². The standard InChI is InChI=1S/C28H30N2O2/c1-4-5-14-29-27(31)26-24-12-8-6-10-22(24)23-11-7-9-13-25(23)28(32)30(26)18-21-16-19(2)15-20(3)17-21/h6-13,15-17,26H,4-5,14,18H2,1-3H3,(H,29,31). The molecule has 1 heterocycles. The first-order chi connectivity index (χ1) is 15.5. The van der Waals surface area contributed by atoms with Gasteiger partial charge in [0.1, 0.15) is 6.04 Å². The molecule has 3 aromatic carbocycles. The maximum absolute atomic E-state index is 13.9. The minimum atomic E-state index is -0.691. The molecule has 1 aliphatic rings. The molecule has 4 heteroatoms. The van der Waals surface area contributed by atoms with Crippen molar-refractivity contribution in [2.45, 2.75) is 46.2 Å². The molecule has 0 saturated heterocycles. The highest BCUT2D eigenvalue weighted by Gasteiger charge is 2.37. The average molecular weight is 427 g/mol. The summed E-state index contributed by atoms with van der Waals surface area (Å²) in [4.78, 5) is 29.1. The number of nitrogens with zero attached hydrogens (tertiary/aromatic N) is 1. The quantitative estimate of drug-likeness (QED) is 0.523. The van der Waals surface area contributed by atoms with Gasteiger partial charge in [0.2, 0.25) is 5.91 Å². The lowest BCUT2D eigenvalue weighted by Crippen LogP contribution is -2.43. The number of carbonyl (C=O) groups is 2. The summed E-state index contributed by atoms with van der Waals surface area (Å²) >= 11 is 0. The highest BCUT2D eigenvalue weighted by molar-refractivity contribution is 6.05. The van der Waals surface area contributed by atoms with Crippen LogP contribution in [0.3, 0.4) is 0 Å². The minimum Gasteiger partial charge on any atom is -0.354 e. The molecule has 3 aromatic rings. The monoisotopic (exact) mass is 426 g/mol. The molecular weight excluding hydrogens is 396 g/mol. The molecule has 0 spiro atoms. The summed E-state index contributed by atoms with van der Waals surface area (Å²) in [6, 6.07) is 21.2. The van der Waals surface area contributed by atoms with E-state index in [2.05, 4.69) is 44.3 Å². The second kappa shape index (κ2) is 9.39. The van der Waals surface area contributed by atoms with Crippen molar-refractivity contribution in [2.75, 3.05) is 6.54 Å². The van der Waals surface area contributed by atoms with Crippen molar-refractivity contribution in [1.29, 1.82) is 0 Å². The summed E-state index contributed by atoms with van der Waals surface area (Å²) in [5, 5.41) is 3.08. The predicted molar refractivity (Wildman–Crippen MR) is 128 cm³/mol. The van der Waals surface area contributed by atoms with Gasteiger partial charge in [-0.3, -0.25) is 9.59 Å². The number of benzene rings is 3.